The summed E-state index contributed by atoms with van der Waals surface area (Å²) in [5.74, 6) is 0. The third-order valence-electron chi connectivity index (χ3n) is 3.38. The Hall–Kier alpha value is -1.85. The maximum Gasteiger partial charge on any atom is 0.315 e. The monoisotopic (exact) mass is 318 g/mol. The van der Waals surface area contributed by atoms with Crippen molar-refractivity contribution in [3.63, 3.8) is 0 Å². The zero-order valence-electron chi connectivity index (χ0n) is 12.7. The molecule has 2 atom stereocenters. The van der Waals surface area contributed by atoms with Gasteiger partial charge in [0, 0.05) is 6.04 Å². The molecule has 2 aromatic rings. The molecule has 1 aromatic carbocycles. The van der Waals surface area contributed by atoms with Crippen LogP contribution in [-0.2, 0) is 12.8 Å². The molecule has 0 unspecified atom stereocenters. The van der Waals surface area contributed by atoms with E-state index in [1.54, 1.807) is 11.3 Å². The molecular formula is C17H22N2O2S. The van der Waals surface area contributed by atoms with Gasteiger partial charge in [-0.05, 0) is 47.7 Å². The van der Waals surface area contributed by atoms with Gasteiger partial charge in [-0.25, -0.2) is 4.79 Å². The van der Waals surface area contributed by atoms with E-state index in [0.29, 0.717) is 6.42 Å². The normalized spacial score (nSPS) is 13.4. The van der Waals surface area contributed by atoms with Gasteiger partial charge < -0.3 is 15.7 Å². The first-order chi connectivity index (χ1) is 10.7. The van der Waals surface area contributed by atoms with Gasteiger partial charge in [-0.2, -0.15) is 11.3 Å². The van der Waals surface area contributed by atoms with E-state index in [0.717, 1.165) is 12.0 Å². The molecule has 0 aliphatic heterocycles. The molecular weight excluding hydrogens is 296 g/mol. The highest BCUT2D eigenvalue weighted by molar-refractivity contribution is 7.07. The minimum atomic E-state index is -0.282. The van der Waals surface area contributed by atoms with Crippen molar-refractivity contribution in [3.05, 3.63) is 58.3 Å². The lowest BCUT2D eigenvalue weighted by Crippen LogP contribution is -2.48. The molecule has 2 amide bonds. The number of carbonyl (C=O) groups excluding carboxylic acids is 1. The highest BCUT2D eigenvalue weighted by Gasteiger charge is 2.14. The topological polar surface area (TPSA) is 61.4 Å². The van der Waals surface area contributed by atoms with Crippen LogP contribution in [0.2, 0.25) is 0 Å². The summed E-state index contributed by atoms with van der Waals surface area (Å²) in [4.78, 5) is 12.0. The highest BCUT2D eigenvalue weighted by atomic mass is 32.1. The maximum absolute atomic E-state index is 12.0. The molecule has 2 rings (SSSR count). The summed E-state index contributed by atoms with van der Waals surface area (Å²) in [7, 11) is 0. The average molecular weight is 318 g/mol. The fourth-order valence-electron chi connectivity index (χ4n) is 2.32. The first-order valence-corrected chi connectivity index (χ1v) is 8.34. The summed E-state index contributed by atoms with van der Waals surface area (Å²) >= 11 is 1.65. The van der Waals surface area contributed by atoms with E-state index in [2.05, 4.69) is 22.1 Å². The summed E-state index contributed by atoms with van der Waals surface area (Å²) in [6.45, 7) is 1.89. The first kappa shape index (κ1) is 16.5. The average Bonchev–Trinajstić information content (AvgIpc) is 3.00. The fraction of sp³-hybridized carbons (Fsp3) is 0.353. The third kappa shape index (κ3) is 5.50. The lowest BCUT2D eigenvalue weighted by atomic mass is 10.1. The number of thiophene rings is 1. The van der Waals surface area contributed by atoms with Crippen molar-refractivity contribution in [1.82, 2.24) is 10.6 Å². The molecule has 0 spiro atoms. The van der Waals surface area contributed by atoms with Gasteiger partial charge in [0.1, 0.15) is 0 Å². The van der Waals surface area contributed by atoms with Gasteiger partial charge >= 0.3 is 6.03 Å². The zero-order valence-corrected chi connectivity index (χ0v) is 13.5. The number of hydrogen-bond acceptors (Lipinski definition) is 3. The van der Waals surface area contributed by atoms with Crippen molar-refractivity contribution in [1.29, 1.82) is 0 Å². The van der Waals surface area contributed by atoms with Crippen molar-refractivity contribution in [2.75, 3.05) is 6.61 Å². The minimum Gasteiger partial charge on any atom is -0.394 e. The van der Waals surface area contributed by atoms with Gasteiger partial charge in [0.25, 0.3) is 0 Å². The van der Waals surface area contributed by atoms with Crippen LogP contribution in [0.5, 0.6) is 0 Å². The van der Waals surface area contributed by atoms with E-state index in [1.165, 1.54) is 5.56 Å². The van der Waals surface area contributed by atoms with Crippen LogP contribution in [0.15, 0.2) is 47.2 Å². The summed E-state index contributed by atoms with van der Waals surface area (Å²) in [5, 5.41) is 19.3. The van der Waals surface area contributed by atoms with E-state index >= 15 is 0 Å². The van der Waals surface area contributed by atoms with Crippen LogP contribution in [-0.4, -0.2) is 29.8 Å². The Bertz CT molecular complexity index is 557. The second-order valence-corrected chi connectivity index (χ2v) is 6.20. The number of hydrogen-bond donors (Lipinski definition) is 3. The number of rotatable bonds is 7. The lowest BCUT2D eigenvalue weighted by molar-refractivity contribution is 0.213. The molecule has 0 saturated heterocycles. The number of urea groups is 1. The SMILES string of the molecule is C[C@H](Cc1ccsc1)NC(=O)N[C@H](CO)Cc1ccccc1. The van der Waals surface area contributed by atoms with Gasteiger partial charge in [-0.1, -0.05) is 30.3 Å². The van der Waals surface area contributed by atoms with Crippen molar-refractivity contribution in [2.45, 2.75) is 31.8 Å². The molecule has 1 heterocycles. The molecule has 5 heteroatoms. The Labute approximate surface area is 135 Å². The second kappa shape index (κ2) is 8.56. The molecule has 22 heavy (non-hydrogen) atoms. The molecule has 0 fully saturated rings. The molecule has 0 saturated carbocycles. The van der Waals surface area contributed by atoms with Crippen molar-refractivity contribution >= 4 is 17.4 Å². The van der Waals surface area contributed by atoms with Gasteiger partial charge in [0.15, 0.2) is 0 Å². The molecule has 0 aliphatic carbocycles. The molecule has 118 valence electrons. The Morgan fingerprint density at radius 3 is 2.55 bits per heavy atom. The van der Waals surface area contributed by atoms with Crippen molar-refractivity contribution < 1.29 is 9.90 Å². The smallest absolute Gasteiger partial charge is 0.315 e. The lowest BCUT2D eigenvalue weighted by Gasteiger charge is -2.19. The molecule has 0 bridgehead atoms. The van der Waals surface area contributed by atoms with Crippen LogP contribution in [0.4, 0.5) is 4.79 Å². The molecule has 0 aliphatic rings. The Morgan fingerprint density at radius 1 is 1.14 bits per heavy atom. The van der Waals surface area contributed by atoms with Crippen molar-refractivity contribution in [3.8, 4) is 0 Å². The third-order valence-corrected chi connectivity index (χ3v) is 4.11. The standard InChI is InChI=1S/C17H22N2O2S/c1-13(9-15-7-8-22-12-15)18-17(21)19-16(11-20)10-14-5-3-2-4-6-14/h2-8,12-13,16,20H,9-11H2,1H3,(H2,18,19,21)/t13-,16+/m1/s1. The predicted molar refractivity (Wildman–Crippen MR) is 90.2 cm³/mol. The molecule has 3 N–H and O–H groups in total. The Morgan fingerprint density at radius 2 is 1.91 bits per heavy atom. The highest BCUT2D eigenvalue weighted by Crippen LogP contribution is 2.08. The van der Waals surface area contributed by atoms with Gasteiger partial charge in [-0.15, -0.1) is 0 Å². The number of aliphatic hydroxyl groups excluding tert-OH is 1. The van der Waals surface area contributed by atoms with Gasteiger partial charge in [-0.3, -0.25) is 0 Å². The summed E-state index contributed by atoms with van der Waals surface area (Å²) < 4.78 is 0. The molecule has 4 nitrogen and oxygen atoms in total. The summed E-state index contributed by atoms with van der Waals surface area (Å²) in [6.07, 6.45) is 1.42. The van der Waals surface area contributed by atoms with E-state index in [1.807, 2.05) is 42.6 Å². The maximum atomic E-state index is 12.0. The number of nitrogens with one attached hydrogen (secondary N) is 2. The van der Waals surface area contributed by atoms with Gasteiger partial charge in [0.05, 0.1) is 12.6 Å². The summed E-state index contributed by atoms with van der Waals surface area (Å²) in [6, 6.07) is 11.4. The van der Waals surface area contributed by atoms with Crippen LogP contribution < -0.4 is 10.6 Å². The van der Waals surface area contributed by atoms with E-state index in [-0.39, 0.29) is 24.7 Å². The number of benzene rings is 1. The minimum absolute atomic E-state index is 0.0469. The fourth-order valence-corrected chi connectivity index (χ4v) is 3.01. The second-order valence-electron chi connectivity index (χ2n) is 5.42. The van der Waals surface area contributed by atoms with E-state index < -0.39 is 0 Å². The van der Waals surface area contributed by atoms with Crippen LogP contribution in [0.3, 0.4) is 0 Å². The van der Waals surface area contributed by atoms with Gasteiger partial charge in [0.2, 0.25) is 0 Å². The summed E-state index contributed by atoms with van der Waals surface area (Å²) in [5.41, 5.74) is 2.31. The molecule has 0 radical (unpaired) electrons. The number of aliphatic hydroxyl groups is 1. The Balaban J connectivity index is 1.79. The largest absolute Gasteiger partial charge is 0.394 e. The molecule has 1 aromatic heterocycles. The predicted octanol–water partition coefficient (Wildman–Crippen LogP) is 2.58. The van der Waals surface area contributed by atoms with Crippen LogP contribution in [0, 0.1) is 0 Å². The van der Waals surface area contributed by atoms with Crippen LogP contribution in [0.25, 0.3) is 0 Å². The quantitative estimate of drug-likeness (QED) is 0.735. The van der Waals surface area contributed by atoms with Crippen molar-refractivity contribution in [2.24, 2.45) is 0 Å². The van der Waals surface area contributed by atoms with Crippen LogP contribution in [0.1, 0.15) is 18.1 Å². The Kier molecular flexibility index (Phi) is 6.43. The van der Waals surface area contributed by atoms with E-state index in [9.17, 15) is 9.90 Å². The zero-order chi connectivity index (χ0) is 15.8. The number of amides is 2. The van der Waals surface area contributed by atoms with E-state index in [4.69, 9.17) is 0 Å². The van der Waals surface area contributed by atoms with Crippen LogP contribution >= 0.6 is 11.3 Å². The first-order valence-electron chi connectivity index (χ1n) is 7.40. The number of carbonyl (C=O) groups is 1.